The molecule has 0 aliphatic rings. The number of halogens is 2. The third-order valence-corrected chi connectivity index (χ3v) is 2.51. The number of carbonyl (C=O) groups excluding carboxylic acids is 2. The number of primary amides is 1. The van der Waals surface area contributed by atoms with Gasteiger partial charge in [0.2, 0.25) is 11.8 Å². The number of hydrogen-bond donors (Lipinski definition) is 3. The van der Waals surface area contributed by atoms with E-state index >= 15 is 0 Å². The maximum absolute atomic E-state index is 11.6. The van der Waals surface area contributed by atoms with Crippen molar-refractivity contribution in [2.45, 2.75) is 12.5 Å². The fraction of sp³-hybridized carbons (Fsp3) is 0.200. The van der Waals surface area contributed by atoms with Crippen LogP contribution in [0.2, 0.25) is 10.0 Å². The van der Waals surface area contributed by atoms with Crippen LogP contribution < -0.4 is 16.8 Å². The van der Waals surface area contributed by atoms with E-state index in [1.165, 1.54) is 6.07 Å². The predicted octanol–water partition coefficient (Wildman–Crippen LogP) is 1.13. The lowest BCUT2D eigenvalue weighted by Crippen LogP contribution is -2.39. The van der Waals surface area contributed by atoms with Crippen molar-refractivity contribution in [1.82, 2.24) is 0 Å². The van der Waals surface area contributed by atoms with Gasteiger partial charge >= 0.3 is 0 Å². The molecular formula is C10H11Cl2N3O2. The summed E-state index contributed by atoms with van der Waals surface area (Å²) in [5, 5.41) is 3.22. The summed E-state index contributed by atoms with van der Waals surface area (Å²) in [6, 6.07) is 3.60. The number of nitrogens with two attached hydrogens (primary N) is 2. The van der Waals surface area contributed by atoms with Gasteiger partial charge in [-0.15, -0.1) is 0 Å². The molecule has 1 rings (SSSR count). The summed E-state index contributed by atoms with van der Waals surface area (Å²) in [6.07, 6.45) is -0.232. The molecule has 0 aliphatic carbocycles. The molecule has 0 heterocycles. The molecule has 0 aliphatic heterocycles. The first-order valence-electron chi connectivity index (χ1n) is 4.70. The van der Waals surface area contributed by atoms with Crippen molar-refractivity contribution in [2.75, 3.05) is 5.32 Å². The number of anilines is 1. The highest BCUT2D eigenvalue weighted by molar-refractivity contribution is 6.35. The lowest BCUT2D eigenvalue weighted by Gasteiger charge is -2.11. The number of amides is 2. The maximum Gasteiger partial charge on any atom is 0.241 e. The van der Waals surface area contributed by atoms with Crippen LogP contribution in [0.15, 0.2) is 18.2 Å². The molecule has 7 heteroatoms. The molecule has 0 saturated carbocycles. The zero-order valence-corrected chi connectivity index (χ0v) is 10.3. The second-order valence-corrected chi connectivity index (χ2v) is 4.23. The van der Waals surface area contributed by atoms with Gasteiger partial charge in [-0.05, 0) is 18.2 Å². The van der Waals surface area contributed by atoms with Crippen molar-refractivity contribution in [3.8, 4) is 0 Å². The van der Waals surface area contributed by atoms with Gasteiger partial charge in [-0.25, -0.2) is 0 Å². The smallest absolute Gasteiger partial charge is 0.241 e. The molecule has 0 spiro atoms. The van der Waals surface area contributed by atoms with Gasteiger partial charge in [-0.1, -0.05) is 23.2 Å². The summed E-state index contributed by atoms with van der Waals surface area (Å²) in [5.41, 5.74) is 10.7. The average Bonchev–Trinajstić information content (AvgIpc) is 2.22. The Kier molecular flexibility index (Phi) is 4.74. The Hall–Kier alpha value is -1.30. The quantitative estimate of drug-likeness (QED) is 0.768. The van der Waals surface area contributed by atoms with Crippen LogP contribution in [-0.2, 0) is 9.59 Å². The zero-order chi connectivity index (χ0) is 13.0. The summed E-state index contributed by atoms with van der Waals surface area (Å²) in [7, 11) is 0. The molecule has 1 aromatic rings. The Balaban J connectivity index is 2.73. The lowest BCUT2D eigenvalue weighted by molar-refractivity contribution is -0.123. The van der Waals surface area contributed by atoms with Crippen LogP contribution in [0.5, 0.6) is 0 Å². The summed E-state index contributed by atoms with van der Waals surface area (Å²) in [4.78, 5) is 22.2. The Morgan fingerprint density at radius 1 is 1.35 bits per heavy atom. The zero-order valence-electron chi connectivity index (χ0n) is 8.74. The van der Waals surface area contributed by atoms with Gasteiger partial charge in [-0.3, -0.25) is 9.59 Å². The molecular weight excluding hydrogens is 265 g/mol. The first kappa shape index (κ1) is 13.8. The third kappa shape index (κ3) is 4.22. The summed E-state index contributed by atoms with van der Waals surface area (Å²) in [6.45, 7) is 0. The molecule has 5 nitrogen and oxygen atoms in total. The highest BCUT2D eigenvalue weighted by Gasteiger charge is 2.17. The van der Waals surface area contributed by atoms with Crippen molar-refractivity contribution in [3.05, 3.63) is 28.2 Å². The minimum atomic E-state index is -1.01. The van der Waals surface area contributed by atoms with Gasteiger partial charge in [0, 0.05) is 5.02 Å². The topological polar surface area (TPSA) is 98.2 Å². The van der Waals surface area contributed by atoms with Crippen LogP contribution in [0.4, 0.5) is 5.69 Å². The second-order valence-electron chi connectivity index (χ2n) is 3.39. The number of rotatable bonds is 4. The number of benzene rings is 1. The van der Waals surface area contributed by atoms with Crippen LogP contribution in [0.25, 0.3) is 0 Å². The maximum atomic E-state index is 11.6. The van der Waals surface area contributed by atoms with E-state index < -0.39 is 17.9 Å². The molecule has 0 saturated heterocycles. The van der Waals surface area contributed by atoms with Gasteiger partial charge in [0.15, 0.2) is 0 Å². The van der Waals surface area contributed by atoms with Crippen molar-refractivity contribution in [2.24, 2.45) is 11.5 Å². The van der Waals surface area contributed by atoms with E-state index in [1.807, 2.05) is 0 Å². The van der Waals surface area contributed by atoms with Gasteiger partial charge in [0.05, 0.1) is 23.2 Å². The molecule has 0 bridgehead atoms. The fourth-order valence-electron chi connectivity index (χ4n) is 1.13. The molecule has 1 unspecified atom stereocenters. The lowest BCUT2D eigenvalue weighted by atomic mass is 10.2. The van der Waals surface area contributed by atoms with Gasteiger partial charge in [-0.2, -0.15) is 0 Å². The minimum absolute atomic E-state index is 0.232. The van der Waals surface area contributed by atoms with E-state index in [9.17, 15) is 9.59 Å². The van der Waals surface area contributed by atoms with E-state index in [0.29, 0.717) is 15.7 Å². The van der Waals surface area contributed by atoms with Crippen LogP contribution in [0, 0.1) is 0 Å². The van der Waals surface area contributed by atoms with Gasteiger partial charge < -0.3 is 16.8 Å². The van der Waals surface area contributed by atoms with Gasteiger partial charge in [0.1, 0.15) is 0 Å². The molecule has 0 radical (unpaired) electrons. The van der Waals surface area contributed by atoms with Crippen molar-refractivity contribution < 1.29 is 9.59 Å². The molecule has 0 aromatic heterocycles. The highest BCUT2D eigenvalue weighted by atomic mass is 35.5. The molecule has 5 N–H and O–H groups in total. The van der Waals surface area contributed by atoms with Gasteiger partial charge in [0.25, 0.3) is 0 Å². The number of hydrogen-bond acceptors (Lipinski definition) is 3. The van der Waals surface area contributed by atoms with E-state index in [2.05, 4.69) is 5.32 Å². The molecule has 92 valence electrons. The second kappa shape index (κ2) is 5.86. The fourth-order valence-corrected chi connectivity index (χ4v) is 1.47. The Morgan fingerprint density at radius 2 is 2.00 bits per heavy atom. The van der Waals surface area contributed by atoms with Crippen LogP contribution in [0.1, 0.15) is 6.42 Å². The number of nitrogens with one attached hydrogen (secondary N) is 1. The molecule has 1 aromatic carbocycles. The summed E-state index contributed by atoms with van der Waals surface area (Å²) >= 11 is 11.6. The molecule has 17 heavy (non-hydrogen) atoms. The molecule has 0 fully saturated rings. The Labute approximate surface area is 108 Å². The Morgan fingerprint density at radius 3 is 2.59 bits per heavy atom. The number of carbonyl (C=O) groups is 2. The van der Waals surface area contributed by atoms with Crippen LogP contribution >= 0.6 is 23.2 Å². The van der Waals surface area contributed by atoms with E-state index in [1.54, 1.807) is 12.1 Å². The molecule has 2 amide bonds. The summed E-state index contributed by atoms with van der Waals surface area (Å²) in [5.74, 6) is -1.20. The van der Waals surface area contributed by atoms with Crippen LogP contribution in [-0.4, -0.2) is 17.9 Å². The first-order valence-corrected chi connectivity index (χ1v) is 5.45. The largest absolute Gasteiger partial charge is 0.370 e. The minimum Gasteiger partial charge on any atom is -0.370 e. The van der Waals surface area contributed by atoms with E-state index in [4.69, 9.17) is 34.7 Å². The van der Waals surface area contributed by atoms with E-state index in [0.717, 1.165) is 0 Å². The SMILES string of the molecule is NC(=O)CC(N)C(=O)Nc1cc(Cl)ccc1Cl. The third-order valence-electron chi connectivity index (χ3n) is 1.94. The standard InChI is InChI=1S/C10H11Cl2N3O2/c11-5-1-2-6(12)8(3-5)15-10(17)7(13)4-9(14)16/h1-3,7H,4,13H2,(H2,14,16)(H,15,17). The molecule has 1 atom stereocenters. The van der Waals surface area contributed by atoms with Crippen molar-refractivity contribution in [3.63, 3.8) is 0 Å². The summed E-state index contributed by atoms with van der Waals surface area (Å²) < 4.78 is 0. The normalized spacial score (nSPS) is 11.9. The van der Waals surface area contributed by atoms with Crippen molar-refractivity contribution >= 4 is 40.7 Å². The monoisotopic (exact) mass is 275 g/mol. The van der Waals surface area contributed by atoms with Crippen LogP contribution in [0.3, 0.4) is 0 Å². The highest BCUT2D eigenvalue weighted by Crippen LogP contribution is 2.25. The first-order chi connectivity index (χ1) is 7.90. The van der Waals surface area contributed by atoms with E-state index in [-0.39, 0.29) is 6.42 Å². The predicted molar refractivity (Wildman–Crippen MR) is 66.9 cm³/mol. The Bertz CT molecular complexity index is 451. The average molecular weight is 276 g/mol. The van der Waals surface area contributed by atoms with Crippen molar-refractivity contribution in [1.29, 1.82) is 0 Å².